The number of carbonyl (C=O) groups is 1. The molecule has 4 rings (SSSR count). The number of hydrogen-bond acceptors (Lipinski definition) is 2. The van der Waals surface area contributed by atoms with E-state index in [9.17, 15) is 9.18 Å². The lowest BCUT2D eigenvalue weighted by atomic mass is 9.94. The number of nitrogens with two attached hydrogens (primary N) is 1. The Balaban J connectivity index is 1.66. The molecular weight excluding hydrogens is 339 g/mol. The second kappa shape index (κ2) is 6.97. The highest BCUT2D eigenvalue weighted by atomic mass is 19.1. The average Bonchev–Trinajstić information content (AvgIpc) is 3.01. The van der Waals surface area contributed by atoms with Gasteiger partial charge >= 0.3 is 0 Å². The number of carbonyl (C=O) groups excluding carboxylic acids is 1. The largest absolute Gasteiger partial charge is 0.327 e. The Morgan fingerprint density at radius 1 is 1.04 bits per heavy atom. The van der Waals surface area contributed by atoms with Crippen LogP contribution in [0.15, 0.2) is 60.7 Å². The van der Waals surface area contributed by atoms with Crippen molar-refractivity contribution in [1.29, 1.82) is 0 Å². The van der Waals surface area contributed by atoms with Crippen LogP contribution >= 0.6 is 0 Å². The highest BCUT2D eigenvalue weighted by Gasteiger charge is 2.19. The van der Waals surface area contributed by atoms with Gasteiger partial charge in [-0.3, -0.25) is 4.79 Å². The van der Waals surface area contributed by atoms with Crippen LogP contribution in [0.3, 0.4) is 0 Å². The van der Waals surface area contributed by atoms with E-state index in [-0.39, 0.29) is 17.8 Å². The molecule has 0 radical (unpaired) electrons. The van der Waals surface area contributed by atoms with Crippen LogP contribution in [0.2, 0.25) is 0 Å². The Morgan fingerprint density at radius 2 is 1.78 bits per heavy atom. The maximum absolute atomic E-state index is 13.3. The molecule has 0 aromatic heterocycles. The molecule has 27 heavy (non-hydrogen) atoms. The number of halogens is 1. The summed E-state index contributed by atoms with van der Waals surface area (Å²) in [5, 5.41) is 3.00. The molecule has 4 heteroatoms. The van der Waals surface area contributed by atoms with Crippen LogP contribution in [0.1, 0.15) is 27.0 Å². The first-order chi connectivity index (χ1) is 13.0. The number of rotatable bonds is 3. The fourth-order valence-corrected chi connectivity index (χ4v) is 3.79. The van der Waals surface area contributed by atoms with E-state index < -0.39 is 0 Å². The highest BCUT2D eigenvalue weighted by Crippen LogP contribution is 2.29. The number of aryl methyl sites for hydroxylation is 1. The first-order valence-corrected chi connectivity index (χ1v) is 9.05. The number of nitrogens with one attached hydrogen (secondary N) is 1. The molecule has 136 valence electrons. The lowest BCUT2D eigenvalue weighted by molar-refractivity contribution is 0.102. The summed E-state index contributed by atoms with van der Waals surface area (Å²) in [6.45, 7) is 1.95. The van der Waals surface area contributed by atoms with Crippen LogP contribution in [0, 0.1) is 12.7 Å². The molecule has 1 unspecified atom stereocenters. The molecule has 0 aliphatic heterocycles. The summed E-state index contributed by atoms with van der Waals surface area (Å²) in [6, 6.07) is 17.9. The summed E-state index contributed by atoms with van der Waals surface area (Å²) in [4.78, 5) is 13.0. The zero-order chi connectivity index (χ0) is 19.0. The van der Waals surface area contributed by atoms with Gasteiger partial charge in [0.15, 0.2) is 0 Å². The number of fused-ring (bicyclic) bond motifs is 1. The average molecular weight is 360 g/mol. The van der Waals surface area contributed by atoms with E-state index in [1.807, 2.05) is 37.3 Å². The summed E-state index contributed by atoms with van der Waals surface area (Å²) < 4.78 is 13.3. The van der Waals surface area contributed by atoms with Crippen molar-refractivity contribution in [2.45, 2.75) is 25.8 Å². The van der Waals surface area contributed by atoms with E-state index in [1.165, 1.54) is 23.3 Å². The fraction of sp³-hybridized carbons (Fsp3) is 0.174. The molecule has 1 aliphatic rings. The van der Waals surface area contributed by atoms with E-state index in [2.05, 4.69) is 5.32 Å². The Labute approximate surface area is 158 Å². The number of benzene rings is 3. The Kier molecular flexibility index (Phi) is 4.50. The van der Waals surface area contributed by atoms with Crippen molar-refractivity contribution in [1.82, 2.24) is 0 Å². The van der Waals surface area contributed by atoms with Crippen molar-refractivity contribution in [3.05, 3.63) is 88.7 Å². The SMILES string of the molecule is Cc1cccc(C(=O)Nc2ccc3c(c2)CC(N)C3)c1-c1ccc(F)cc1. The van der Waals surface area contributed by atoms with Crippen molar-refractivity contribution in [2.24, 2.45) is 5.73 Å². The summed E-state index contributed by atoms with van der Waals surface area (Å²) in [7, 11) is 0. The van der Waals surface area contributed by atoms with Gasteiger partial charge in [-0.05, 0) is 77.9 Å². The third-order valence-electron chi connectivity index (χ3n) is 5.08. The van der Waals surface area contributed by atoms with Gasteiger partial charge in [0.2, 0.25) is 0 Å². The zero-order valence-electron chi connectivity index (χ0n) is 15.1. The number of amides is 1. The second-order valence-corrected chi connectivity index (χ2v) is 7.11. The molecule has 3 N–H and O–H groups in total. The van der Waals surface area contributed by atoms with E-state index in [0.717, 1.165) is 35.2 Å². The van der Waals surface area contributed by atoms with Gasteiger partial charge in [0, 0.05) is 17.3 Å². The Bertz CT molecular complexity index is 1010. The highest BCUT2D eigenvalue weighted by molar-refractivity contribution is 6.09. The minimum absolute atomic E-state index is 0.160. The third kappa shape index (κ3) is 3.49. The summed E-state index contributed by atoms with van der Waals surface area (Å²) >= 11 is 0. The second-order valence-electron chi connectivity index (χ2n) is 7.11. The smallest absolute Gasteiger partial charge is 0.256 e. The van der Waals surface area contributed by atoms with Crippen molar-refractivity contribution in [3.8, 4) is 11.1 Å². The van der Waals surface area contributed by atoms with Gasteiger partial charge in [-0.15, -0.1) is 0 Å². The molecule has 0 heterocycles. The molecule has 0 spiro atoms. The van der Waals surface area contributed by atoms with Gasteiger partial charge in [-0.1, -0.05) is 30.3 Å². The molecule has 1 atom stereocenters. The lowest BCUT2D eigenvalue weighted by Crippen LogP contribution is -2.19. The van der Waals surface area contributed by atoms with Gasteiger partial charge in [-0.2, -0.15) is 0 Å². The normalized spacial score (nSPS) is 15.4. The van der Waals surface area contributed by atoms with Crippen molar-refractivity contribution in [3.63, 3.8) is 0 Å². The first-order valence-electron chi connectivity index (χ1n) is 9.05. The van der Waals surface area contributed by atoms with Gasteiger partial charge < -0.3 is 11.1 Å². The molecule has 0 saturated heterocycles. The lowest BCUT2D eigenvalue weighted by Gasteiger charge is -2.14. The van der Waals surface area contributed by atoms with Crippen LogP contribution < -0.4 is 11.1 Å². The summed E-state index contributed by atoms with van der Waals surface area (Å²) in [6.07, 6.45) is 1.72. The molecule has 0 fully saturated rings. The van der Waals surface area contributed by atoms with Crippen LogP contribution in [0.4, 0.5) is 10.1 Å². The van der Waals surface area contributed by atoms with Crippen molar-refractivity contribution >= 4 is 11.6 Å². The van der Waals surface area contributed by atoms with Gasteiger partial charge in [-0.25, -0.2) is 4.39 Å². The predicted molar refractivity (Wildman–Crippen MR) is 106 cm³/mol. The third-order valence-corrected chi connectivity index (χ3v) is 5.08. The fourth-order valence-electron chi connectivity index (χ4n) is 3.79. The standard InChI is InChI=1S/C23H21FN2O/c1-14-3-2-4-21(22(14)15-5-8-18(24)9-6-15)23(27)26-20-10-7-16-11-19(25)12-17(16)13-20/h2-10,13,19H,11-12,25H2,1H3,(H,26,27). The Hall–Kier alpha value is -2.98. The first kappa shape index (κ1) is 17.4. The monoisotopic (exact) mass is 360 g/mol. The van der Waals surface area contributed by atoms with E-state index in [4.69, 9.17) is 5.73 Å². The molecular formula is C23H21FN2O. The Morgan fingerprint density at radius 3 is 2.56 bits per heavy atom. The molecule has 3 aromatic carbocycles. The zero-order valence-corrected chi connectivity index (χ0v) is 15.1. The van der Waals surface area contributed by atoms with Crippen molar-refractivity contribution in [2.75, 3.05) is 5.32 Å². The molecule has 3 nitrogen and oxygen atoms in total. The van der Waals surface area contributed by atoms with Crippen LogP contribution in [-0.4, -0.2) is 11.9 Å². The minimum atomic E-state index is -0.297. The summed E-state index contributed by atoms with van der Waals surface area (Å²) in [5.41, 5.74) is 12.4. The van der Waals surface area contributed by atoms with Crippen molar-refractivity contribution < 1.29 is 9.18 Å². The quantitative estimate of drug-likeness (QED) is 0.724. The summed E-state index contributed by atoms with van der Waals surface area (Å²) in [5.74, 6) is -0.477. The van der Waals surface area contributed by atoms with Crippen LogP contribution in [0.25, 0.3) is 11.1 Å². The van der Waals surface area contributed by atoms with E-state index in [0.29, 0.717) is 5.56 Å². The molecule has 0 saturated carbocycles. The number of anilines is 1. The van der Waals surface area contributed by atoms with E-state index in [1.54, 1.807) is 18.2 Å². The number of hydrogen-bond donors (Lipinski definition) is 2. The molecule has 1 amide bonds. The maximum atomic E-state index is 13.3. The topological polar surface area (TPSA) is 55.1 Å². The van der Waals surface area contributed by atoms with Gasteiger partial charge in [0.25, 0.3) is 5.91 Å². The van der Waals surface area contributed by atoms with E-state index >= 15 is 0 Å². The van der Waals surface area contributed by atoms with Crippen LogP contribution in [0.5, 0.6) is 0 Å². The minimum Gasteiger partial charge on any atom is -0.327 e. The molecule has 3 aromatic rings. The maximum Gasteiger partial charge on any atom is 0.256 e. The predicted octanol–water partition coefficient (Wildman–Crippen LogP) is 4.48. The van der Waals surface area contributed by atoms with Gasteiger partial charge in [0.1, 0.15) is 5.82 Å². The van der Waals surface area contributed by atoms with Gasteiger partial charge in [0.05, 0.1) is 0 Å². The molecule has 0 bridgehead atoms. The van der Waals surface area contributed by atoms with Crippen LogP contribution in [-0.2, 0) is 12.8 Å². The molecule has 1 aliphatic carbocycles.